The number of rotatable bonds is 5. The maximum absolute atomic E-state index is 11.6. The van der Waals surface area contributed by atoms with Gasteiger partial charge in [0.25, 0.3) is 5.91 Å². The van der Waals surface area contributed by atoms with E-state index in [1.807, 2.05) is 0 Å². The zero-order chi connectivity index (χ0) is 13.0. The summed E-state index contributed by atoms with van der Waals surface area (Å²) in [5.74, 6) is -1.81. The lowest BCUT2D eigenvalue weighted by Gasteiger charge is -2.09. The van der Waals surface area contributed by atoms with Crippen LogP contribution in [0.1, 0.15) is 40.4 Å². The Hall–Kier alpha value is -1.82. The molecule has 0 saturated carbocycles. The van der Waals surface area contributed by atoms with Crippen LogP contribution >= 0.6 is 0 Å². The van der Waals surface area contributed by atoms with Crippen LogP contribution < -0.4 is 5.32 Å². The molecule has 1 aliphatic heterocycles. The molecule has 0 aliphatic carbocycles. The van der Waals surface area contributed by atoms with Gasteiger partial charge < -0.3 is 19.6 Å². The number of hydrogen-bond acceptors (Lipinski definition) is 4. The van der Waals surface area contributed by atoms with Gasteiger partial charge in [0.15, 0.2) is 5.76 Å². The fourth-order valence-electron chi connectivity index (χ4n) is 1.88. The van der Waals surface area contributed by atoms with Gasteiger partial charge >= 0.3 is 5.97 Å². The summed E-state index contributed by atoms with van der Waals surface area (Å²) < 4.78 is 10.3. The summed E-state index contributed by atoms with van der Waals surface area (Å²) in [6, 6.07) is 2.61. The van der Waals surface area contributed by atoms with Gasteiger partial charge in [0.1, 0.15) is 0 Å². The molecular weight excluding hydrogens is 238 g/mol. The van der Waals surface area contributed by atoms with Crippen molar-refractivity contribution in [2.24, 2.45) is 0 Å². The van der Waals surface area contributed by atoms with E-state index < -0.39 is 11.9 Å². The molecule has 6 heteroatoms. The molecule has 1 fully saturated rings. The molecule has 1 atom stereocenters. The second-order valence-electron chi connectivity index (χ2n) is 4.15. The Morgan fingerprint density at radius 2 is 2.17 bits per heavy atom. The molecule has 0 spiro atoms. The second-order valence-corrected chi connectivity index (χ2v) is 4.15. The van der Waals surface area contributed by atoms with E-state index in [2.05, 4.69) is 5.32 Å². The Labute approximate surface area is 104 Å². The van der Waals surface area contributed by atoms with Gasteiger partial charge in [0, 0.05) is 13.2 Å². The molecule has 1 aliphatic rings. The predicted octanol–water partition coefficient (Wildman–Crippen LogP) is 1.28. The van der Waals surface area contributed by atoms with Crippen LogP contribution in [0.5, 0.6) is 0 Å². The Morgan fingerprint density at radius 1 is 1.39 bits per heavy atom. The fraction of sp³-hybridized carbons (Fsp3) is 0.500. The standard InChI is InChI=1S/C12H15NO5/c14-11(9-3-4-10(18-9)12(15)16)13-6-5-8-2-1-7-17-8/h3-4,8H,1-2,5-7H2,(H,13,14)(H,15,16)/t8-/m1/s1. The topological polar surface area (TPSA) is 88.8 Å². The van der Waals surface area contributed by atoms with Crippen molar-refractivity contribution in [2.75, 3.05) is 13.2 Å². The third-order valence-corrected chi connectivity index (χ3v) is 2.82. The molecule has 1 amide bonds. The third-order valence-electron chi connectivity index (χ3n) is 2.82. The van der Waals surface area contributed by atoms with E-state index >= 15 is 0 Å². The van der Waals surface area contributed by atoms with Crippen molar-refractivity contribution in [3.63, 3.8) is 0 Å². The van der Waals surface area contributed by atoms with Gasteiger partial charge in [0.05, 0.1) is 6.10 Å². The third kappa shape index (κ3) is 3.10. The van der Waals surface area contributed by atoms with Gasteiger partial charge in [-0.1, -0.05) is 0 Å². The van der Waals surface area contributed by atoms with Gasteiger partial charge in [0.2, 0.25) is 5.76 Å². The first-order valence-electron chi connectivity index (χ1n) is 5.90. The van der Waals surface area contributed by atoms with Gasteiger partial charge in [-0.05, 0) is 31.4 Å². The predicted molar refractivity (Wildman–Crippen MR) is 61.6 cm³/mol. The minimum absolute atomic E-state index is 0.0136. The van der Waals surface area contributed by atoms with Crippen molar-refractivity contribution in [1.29, 1.82) is 0 Å². The summed E-state index contributed by atoms with van der Waals surface area (Å²) in [6.07, 6.45) is 3.08. The average molecular weight is 253 g/mol. The molecule has 98 valence electrons. The summed E-state index contributed by atoms with van der Waals surface area (Å²) in [4.78, 5) is 22.2. The lowest BCUT2D eigenvalue weighted by molar-refractivity contribution is 0.0659. The van der Waals surface area contributed by atoms with E-state index in [0.29, 0.717) is 6.54 Å². The molecule has 0 bridgehead atoms. The summed E-state index contributed by atoms with van der Waals surface area (Å²) in [7, 11) is 0. The molecule has 1 aromatic heterocycles. The van der Waals surface area contributed by atoms with Crippen LogP contribution in [0.15, 0.2) is 16.5 Å². The molecule has 1 saturated heterocycles. The summed E-state index contributed by atoms with van der Waals surface area (Å²) in [6.45, 7) is 1.28. The monoisotopic (exact) mass is 253 g/mol. The van der Waals surface area contributed by atoms with E-state index in [9.17, 15) is 9.59 Å². The van der Waals surface area contributed by atoms with Crippen molar-refractivity contribution in [3.05, 3.63) is 23.7 Å². The lowest BCUT2D eigenvalue weighted by atomic mass is 10.2. The Kier molecular flexibility index (Phi) is 3.99. The zero-order valence-electron chi connectivity index (χ0n) is 9.85. The number of amides is 1. The quantitative estimate of drug-likeness (QED) is 0.825. The molecule has 0 aromatic carbocycles. The highest BCUT2D eigenvalue weighted by atomic mass is 16.5. The first-order valence-corrected chi connectivity index (χ1v) is 5.90. The van der Waals surface area contributed by atoms with Gasteiger partial charge in [-0.25, -0.2) is 4.79 Å². The number of hydrogen-bond donors (Lipinski definition) is 2. The van der Waals surface area contributed by atoms with Gasteiger partial charge in [-0.2, -0.15) is 0 Å². The number of nitrogens with one attached hydrogen (secondary N) is 1. The maximum Gasteiger partial charge on any atom is 0.371 e. The summed E-state index contributed by atoms with van der Waals surface area (Å²) in [5, 5.41) is 11.3. The minimum atomic E-state index is -1.19. The van der Waals surface area contributed by atoms with Crippen molar-refractivity contribution >= 4 is 11.9 Å². The lowest BCUT2D eigenvalue weighted by Crippen LogP contribution is -2.26. The fourth-order valence-corrected chi connectivity index (χ4v) is 1.88. The van der Waals surface area contributed by atoms with Crippen LogP contribution in [-0.2, 0) is 4.74 Å². The molecule has 6 nitrogen and oxygen atoms in total. The number of furan rings is 1. The van der Waals surface area contributed by atoms with Crippen LogP contribution in [0.25, 0.3) is 0 Å². The second kappa shape index (κ2) is 5.68. The van der Waals surface area contributed by atoms with Crippen LogP contribution in [-0.4, -0.2) is 36.2 Å². The molecule has 2 N–H and O–H groups in total. The largest absolute Gasteiger partial charge is 0.475 e. The highest BCUT2D eigenvalue weighted by Crippen LogP contribution is 2.14. The maximum atomic E-state index is 11.6. The Balaban J connectivity index is 1.77. The van der Waals surface area contributed by atoms with Gasteiger partial charge in [-0.3, -0.25) is 4.79 Å². The summed E-state index contributed by atoms with van der Waals surface area (Å²) >= 11 is 0. The van der Waals surface area contributed by atoms with Crippen molar-refractivity contribution < 1.29 is 23.8 Å². The molecule has 2 heterocycles. The van der Waals surface area contributed by atoms with E-state index in [1.54, 1.807) is 0 Å². The van der Waals surface area contributed by atoms with Gasteiger partial charge in [-0.15, -0.1) is 0 Å². The molecular formula is C12H15NO5. The van der Waals surface area contributed by atoms with Crippen LogP contribution in [0.2, 0.25) is 0 Å². The normalized spacial score (nSPS) is 18.8. The average Bonchev–Trinajstić information content (AvgIpc) is 2.99. The zero-order valence-corrected chi connectivity index (χ0v) is 9.85. The van der Waals surface area contributed by atoms with Crippen molar-refractivity contribution in [1.82, 2.24) is 5.32 Å². The minimum Gasteiger partial charge on any atom is -0.475 e. The smallest absolute Gasteiger partial charge is 0.371 e. The van der Waals surface area contributed by atoms with E-state index in [0.717, 1.165) is 25.9 Å². The molecule has 0 unspecified atom stereocenters. The number of carboxylic acids is 1. The number of ether oxygens (including phenoxy) is 1. The first-order chi connectivity index (χ1) is 8.66. The highest BCUT2D eigenvalue weighted by molar-refractivity contribution is 5.93. The van der Waals surface area contributed by atoms with E-state index in [4.69, 9.17) is 14.3 Å². The number of carbonyl (C=O) groups is 2. The van der Waals surface area contributed by atoms with Crippen LogP contribution in [0.4, 0.5) is 0 Å². The summed E-state index contributed by atoms with van der Waals surface area (Å²) in [5.41, 5.74) is 0. The SMILES string of the molecule is O=C(O)c1ccc(C(=O)NCC[C@H]2CCCO2)o1. The molecule has 18 heavy (non-hydrogen) atoms. The first kappa shape index (κ1) is 12.6. The number of carbonyl (C=O) groups excluding carboxylic acids is 1. The Bertz CT molecular complexity index is 433. The number of carboxylic acid groups (broad SMARTS) is 1. The van der Waals surface area contributed by atoms with Crippen molar-refractivity contribution in [3.8, 4) is 0 Å². The van der Waals surface area contributed by atoms with Crippen molar-refractivity contribution in [2.45, 2.75) is 25.4 Å². The highest BCUT2D eigenvalue weighted by Gasteiger charge is 2.17. The molecule has 1 aromatic rings. The number of aromatic carboxylic acids is 1. The van der Waals surface area contributed by atoms with Crippen LogP contribution in [0.3, 0.4) is 0 Å². The molecule has 2 rings (SSSR count). The molecule has 0 radical (unpaired) electrons. The van der Waals surface area contributed by atoms with E-state index in [-0.39, 0.29) is 17.6 Å². The van der Waals surface area contributed by atoms with Crippen LogP contribution in [0, 0.1) is 0 Å². The van der Waals surface area contributed by atoms with E-state index in [1.165, 1.54) is 12.1 Å². The Morgan fingerprint density at radius 3 is 2.78 bits per heavy atom.